The zero-order valence-electron chi connectivity index (χ0n) is 12.6. The van der Waals surface area contributed by atoms with Gasteiger partial charge in [0.1, 0.15) is 11.6 Å². The Hall–Kier alpha value is -0.920. The highest BCUT2D eigenvalue weighted by Gasteiger charge is 2.07. The maximum absolute atomic E-state index is 13.4. The van der Waals surface area contributed by atoms with Crippen LogP contribution in [0.5, 0.6) is 0 Å². The molecule has 1 rings (SSSR count). The molecule has 6 heteroatoms. The zero-order chi connectivity index (χ0) is 14.8. The van der Waals surface area contributed by atoms with Crippen molar-refractivity contribution in [1.82, 2.24) is 10.6 Å². The number of rotatable bonds is 7. The Morgan fingerprint density at radius 2 is 1.71 bits per heavy atom. The topological polar surface area (TPSA) is 36.4 Å². The van der Waals surface area contributed by atoms with Crippen LogP contribution in [0.2, 0.25) is 0 Å². The van der Waals surface area contributed by atoms with Crippen LogP contribution in [-0.4, -0.2) is 26.1 Å². The number of nitrogens with one attached hydrogen (secondary N) is 2. The number of guanidine groups is 1. The maximum Gasteiger partial charge on any atom is 0.190 e. The molecule has 21 heavy (non-hydrogen) atoms. The van der Waals surface area contributed by atoms with Gasteiger partial charge in [-0.2, -0.15) is 0 Å². The Balaban J connectivity index is 0.00000400. The van der Waals surface area contributed by atoms with Gasteiger partial charge in [-0.25, -0.2) is 8.78 Å². The largest absolute Gasteiger partial charge is 0.356 e. The van der Waals surface area contributed by atoms with E-state index in [1.807, 2.05) is 0 Å². The minimum absolute atomic E-state index is 0. The standard InChI is InChI=1S/C15H23F2N3.HI/c1-3-4-5-10-19-15(18-2)20-11-9-12-13(16)7-6-8-14(12)17;/h6-8H,3-5,9-11H2,1-2H3,(H2,18,19,20);1H. The van der Waals surface area contributed by atoms with Gasteiger partial charge in [0.15, 0.2) is 5.96 Å². The third-order valence-electron chi connectivity index (χ3n) is 3.03. The van der Waals surface area contributed by atoms with Crippen molar-refractivity contribution in [3.8, 4) is 0 Å². The molecule has 120 valence electrons. The van der Waals surface area contributed by atoms with Gasteiger partial charge in [0, 0.05) is 25.7 Å². The number of nitrogens with zero attached hydrogens (tertiary/aromatic N) is 1. The first kappa shape index (κ1) is 20.1. The number of unbranched alkanes of at least 4 members (excludes halogenated alkanes) is 2. The van der Waals surface area contributed by atoms with E-state index in [0.717, 1.165) is 13.0 Å². The van der Waals surface area contributed by atoms with Crippen molar-refractivity contribution in [2.24, 2.45) is 4.99 Å². The first-order valence-corrected chi connectivity index (χ1v) is 7.06. The van der Waals surface area contributed by atoms with Gasteiger partial charge in [-0.3, -0.25) is 4.99 Å². The van der Waals surface area contributed by atoms with Crippen LogP contribution in [0.25, 0.3) is 0 Å². The fourth-order valence-corrected chi connectivity index (χ4v) is 1.88. The van der Waals surface area contributed by atoms with Crippen molar-refractivity contribution >= 4 is 29.9 Å². The van der Waals surface area contributed by atoms with Crippen molar-refractivity contribution < 1.29 is 8.78 Å². The van der Waals surface area contributed by atoms with Crippen LogP contribution in [0.3, 0.4) is 0 Å². The van der Waals surface area contributed by atoms with E-state index in [4.69, 9.17) is 0 Å². The van der Waals surface area contributed by atoms with E-state index in [1.165, 1.54) is 31.0 Å². The molecule has 0 bridgehead atoms. The highest BCUT2D eigenvalue weighted by atomic mass is 127. The lowest BCUT2D eigenvalue weighted by Gasteiger charge is -2.12. The quantitative estimate of drug-likeness (QED) is 0.312. The van der Waals surface area contributed by atoms with Crippen molar-refractivity contribution in [1.29, 1.82) is 0 Å². The molecule has 0 amide bonds. The summed E-state index contributed by atoms with van der Waals surface area (Å²) < 4.78 is 26.9. The monoisotopic (exact) mass is 411 g/mol. The summed E-state index contributed by atoms with van der Waals surface area (Å²) in [5.41, 5.74) is 0.112. The predicted octanol–water partition coefficient (Wildman–Crippen LogP) is 3.48. The summed E-state index contributed by atoms with van der Waals surface area (Å²) in [6.45, 7) is 3.43. The third kappa shape index (κ3) is 7.59. The number of aliphatic imine (C=N–C) groups is 1. The first-order chi connectivity index (χ1) is 9.69. The van der Waals surface area contributed by atoms with Crippen LogP contribution in [0.4, 0.5) is 8.78 Å². The minimum atomic E-state index is -0.502. The molecule has 2 N–H and O–H groups in total. The molecule has 0 saturated heterocycles. The number of hydrogen-bond donors (Lipinski definition) is 2. The second-order valence-corrected chi connectivity index (χ2v) is 4.58. The Kier molecular flexibility index (Phi) is 11.2. The highest BCUT2D eigenvalue weighted by Crippen LogP contribution is 2.11. The van der Waals surface area contributed by atoms with Crippen LogP contribution < -0.4 is 10.6 Å². The lowest BCUT2D eigenvalue weighted by molar-refractivity contribution is 0.552. The van der Waals surface area contributed by atoms with Gasteiger partial charge in [-0.15, -0.1) is 24.0 Å². The summed E-state index contributed by atoms with van der Waals surface area (Å²) in [5.74, 6) is -0.340. The molecule has 0 aliphatic carbocycles. The zero-order valence-corrected chi connectivity index (χ0v) is 14.9. The molecule has 0 heterocycles. The normalized spacial score (nSPS) is 11.0. The second-order valence-electron chi connectivity index (χ2n) is 4.58. The Labute approximate surface area is 142 Å². The van der Waals surface area contributed by atoms with E-state index in [-0.39, 0.29) is 36.0 Å². The molecular weight excluding hydrogens is 387 g/mol. The van der Waals surface area contributed by atoms with Gasteiger partial charge in [0.25, 0.3) is 0 Å². The van der Waals surface area contributed by atoms with Crippen LogP contribution >= 0.6 is 24.0 Å². The number of halogens is 3. The van der Waals surface area contributed by atoms with E-state index >= 15 is 0 Å². The van der Waals surface area contributed by atoms with E-state index < -0.39 is 11.6 Å². The lowest BCUT2D eigenvalue weighted by Crippen LogP contribution is -2.38. The molecule has 1 aromatic rings. The van der Waals surface area contributed by atoms with Crippen LogP contribution in [0.1, 0.15) is 31.7 Å². The van der Waals surface area contributed by atoms with E-state index in [1.54, 1.807) is 7.05 Å². The summed E-state index contributed by atoms with van der Waals surface area (Å²) >= 11 is 0. The molecule has 0 fully saturated rings. The average molecular weight is 411 g/mol. The fourth-order valence-electron chi connectivity index (χ4n) is 1.88. The maximum atomic E-state index is 13.4. The average Bonchev–Trinajstić information content (AvgIpc) is 2.44. The molecule has 0 unspecified atom stereocenters. The molecule has 1 aromatic carbocycles. The fraction of sp³-hybridized carbons (Fsp3) is 0.533. The molecule has 0 aliphatic heterocycles. The van der Waals surface area contributed by atoms with Crippen LogP contribution in [0.15, 0.2) is 23.2 Å². The number of hydrogen-bond acceptors (Lipinski definition) is 1. The van der Waals surface area contributed by atoms with E-state index in [0.29, 0.717) is 12.5 Å². The molecule has 3 nitrogen and oxygen atoms in total. The van der Waals surface area contributed by atoms with Crippen LogP contribution in [-0.2, 0) is 6.42 Å². The SMILES string of the molecule is CCCCCNC(=NC)NCCc1c(F)cccc1F.I. The molecule has 0 spiro atoms. The summed E-state index contributed by atoms with van der Waals surface area (Å²) in [5, 5.41) is 6.23. The summed E-state index contributed by atoms with van der Waals surface area (Å²) in [4.78, 5) is 4.07. The second kappa shape index (κ2) is 11.7. The molecular formula is C15H24F2IN3. The van der Waals surface area contributed by atoms with Gasteiger partial charge >= 0.3 is 0 Å². The molecule has 0 aliphatic rings. The lowest BCUT2D eigenvalue weighted by atomic mass is 10.1. The molecule has 0 saturated carbocycles. The number of benzene rings is 1. The minimum Gasteiger partial charge on any atom is -0.356 e. The van der Waals surface area contributed by atoms with Gasteiger partial charge in [-0.05, 0) is 25.0 Å². The van der Waals surface area contributed by atoms with Gasteiger partial charge in [0.2, 0.25) is 0 Å². The third-order valence-corrected chi connectivity index (χ3v) is 3.03. The van der Waals surface area contributed by atoms with Gasteiger partial charge in [-0.1, -0.05) is 25.8 Å². The predicted molar refractivity (Wildman–Crippen MR) is 94.4 cm³/mol. The molecule has 0 radical (unpaired) electrons. The van der Waals surface area contributed by atoms with Gasteiger partial charge < -0.3 is 10.6 Å². The summed E-state index contributed by atoms with van der Waals surface area (Å²) in [6, 6.07) is 3.92. The van der Waals surface area contributed by atoms with Crippen molar-refractivity contribution in [2.75, 3.05) is 20.1 Å². The van der Waals surface area contributed by atoms with Crippen LogP contribution in [0, 0.1) is 11.6 Å². The molecule has 0 aromatic heterocycles. The Morgan fingerprint density at radius 3 is 2.29 bits per heavy atom. The van der Waals surface area contributed by atoms with Gasteiger partial charge in [0.05, 0.1) is 0 Å². The Morgan fingerprint density at radius 1 is 1.10 bits per heavy atom. The van der Waals surface area contributed by atoms with Crippen molar-refractivity contribution in [3.05, 3.63) is 35.4 Å². The van der Waals surface area contributed by atoms with E-state index in [2.05, 4.69) is 22.5 Å². The Bertz CT molecular complexity index is 419. The molecule has 0 atom stereocenters. The smallest absolute Gasteiger partial charge is 0.190 e. The van der Waals surface area contributed by atoms with Crippen molar-refractivity contribution in [2.45, 2.75) is 32.6 Å². The first-order valence-electron chi connectivity index (χ1n) is 7.06. The van der Waals surface area contributed by atoms with E-state index in [9.17, 15) is 8.78 Å². The summed E-state index contributed by atoms with van der Waals surface area (Å²) in [7, 11) is 1.68. The summed E-state index contributed by atoms with van der Waals surface area (Å²) in [6.07, 6.45) is 3.71. The highest BCUT2D eigenvalue weighted by molar-refractivity contribution is 14.0. The van der Waals surface area contributed by atoms with Crippen molar-refractivity contribution in [3.63, 3.8) is 0 Å².